The molecule has 0 bridgehead atoms. The van der Waals surface area contributed by atoms with Crippen LogP contribution >= 0.6 is 0 Å². The van der Waals surface area contributed by atoms with Gasteiger partial charge in [0.05, 0.1) is 18.0 Å². The van der Waals surface area contributed by atoms with Crippen molar-refractivity contribution in [1.29, 1.82) is 0 Å². The number of hydrogen-bond acceptors (Lipinski definition) is 3. The lowest BCUT2D eigenvalue weighted by molar-refractivity contribution is 0.301. The third kappa shape index (κ3) is 3.00. The molecule has 3 rings (SSSR count). The molecule has 1 aromatic carbocycles. The first kappa shape index (κ1) is 13.5. The molecule has 2 saturated carbocycles. The van der Waals surface area contributed by atoms with Gasteiger partial charge in [0.25, 0.3) is 0 Å². The molecule has 3 nitrogen and oxygen atoms in total. The van der Waals surface area contributed by atoms with Crippen LogP contribution in [0, 0.1) is 17.7 Å². The number of halogens is 1. The molecule has 0 radical (unpaired) electrons. The molecule has 2 aliphatic carbocycles. The average Bonchev–Trinajstić information content (AvgIpc) is 3.27. The van der Waals surface area contributed by atoms with Gasteiger partial charge in [-0.15, -0.1) is 0 Å². The number of anilines is 2. The second-order valence-electron chi connectivity index (χ2n) is 6.06. The molecule has 1 aromatic rings. The summed E-state index contributed by atoms with van der Waals surface area (Å²) < 4.78 is 19.2. The van der Waals surface area contributed by atoms with Crippen molar-refractivity contribution < 1.29 is 9.13 Å². The van der Waals surface area contributed by atoms with Crippen LogP contribution in [0.5, 0.6) is 5.75 Å². The fourth-order valence-electron chi connectivity index (χ4n) is 2.73. The Morgan fingerprint density at radius 3 is 2.50 bits per heavy atom. The normalized spacial score (nSPS) is 18.4. The number of ether oxygens (including phenoxy) is 1. The first-order valence-electron chi connectivity index (χ1n) is 7.67. The maximum Gasteiger partial charge on any atom is 0.167 e. The van der Waals surface area contributed by atoms with Crippen molar-refractivity contribution >= 4 is 11.4 Å². The van der Waals surface area contributed by atoms with Gasteiger partial charge in [0.1, 0.15) is 0 Å². The van der Waals surface area contributed by atoms with Crippen molar-refractivity contribution in [3.05, 3.63) is 17.9 Å². The Kier molecular flexibility index (Phi) is 3.72. The van der Waals surface area contributed by atoms with Gasteiger partial charge in [-0.3, -0.25) is 0 Å². The summed E-state index contributed by atoms with van der Waals surface area (Å²) in [6.45, 7) is 2.53. The van der Waals surface area contributed by atoms with E-state index in [2.05, 4.69) is 5.32 Å². The Hall–Kier alpha value is -1.45. The Labute approximate surface area is 119 Å². The predicted molar refractivity (Wildman–Crippen MR) is 79.5 cm³/mol. The molecule has 0 aromatic heterocycles. The molecular weight excluding hydrogens is 255 g/mol. The maximum absolute atomic E-state index is 13.8. The van der Waals surface area contributed by atoms with Crippen LogP contribution < -0.4 is 15.8 Å². The van der Waals surface area contributed by atoms with Gasteiger partial charge in [-0.2, -0.15) is 0 Å². The van der Waals surface area contributed by atoms with Gasteiger partial charge in [-0.05, 0) is 43.9 Å². The fraction of sp³-hybridized carbons (Fsp3) is 0.625. The molecule has 2 fully saturated rings. The summed E-state index contributed by atoms with van der Waals surface area (Å²) in [4.78, 5) is 0. The minimum atomic E-state index is -0.379. The number of nitrogen functional groups attached to an aromatic ring is 1. The number of nitrogens with one attached hydrogen (secondary N) is 1. The van der Waals surface area contributed by atoms with E-state index in [1.807, 2.05) is 6.92 Å². The number of hydrogen-bond donors (Lipinski definition) is 2. The van der Waals surface area contributed by atoms with Crippen LogP contribution in [-0.2, 0) is 0 Å². The van der Waals surface area contributed by atoms with Crippen LogP contribution in [0.1, 0.15) is 39.0 Å². The molecule has 0 unspecified atom stereocenters. The van der Waals surface area contributed by atoms with Crippen molar-refractivity contribution in [3.8, 4) is 5.75 Å². The largest absolute Gasteiger partial charge is 0.490 e. The van der Waals surface area contributed by atoms with Gasteiger partial charge < -0.3 is 15.8 Å². The minimum Gasteiger partial charge on any atom is -0.490 e. The highest BCUT2D eigenvalue weighted by Gasteiger charge is 2.41. The van der Waals surface area contributed by atoms with E-state index in [1.54, 1.807) is 6.07 Å². The highest BCUT2D eigenvalue weighted by Crippen LogP contribution is 2.46. The second-order valence-corrected chi connectivity index (χ2v) is 6.06. The van der Waals surface area contributed by atoms with E-state index in [0.717, 1.165) is 23.9 Å². The molecule has 0 heterocycles. The molecule has 3 N–H and O–H groups in total. The minimum absolute atomic E-state index is 0.300. The van der Waals surface area contributed by atoms with Gasteiger partial charge in [0.15, 0.2) is 11.6 Å². The van der Waals surface area contributed by atoms with E-state index in [1.165, 1.54) is 31.7 Å². The zero-order valence-corrected chi connectivity index (χ0v) is 12.0. The van der Waals surface area contributed by atoms with Crippen molar-refractivity contribution in [3.63, 3.8) is 0 Å². The van der Waals surface area contributed by atoms with Gasteiger partial charge in [-0.25, -0.2) is 4.39 Å². The topological polar surface area (TPSA) is 47.3 Å². The number of nitrogens with two attached hydrogens (primary N) is 1. The monoisotopic (exact) mass is 278 g/mol. The molecule has 0 spiro atoms. The van der Waals surface area contributed by atoms with Crippen LogP contribution in [0.4, 0.5) is 15.8 Å². The van der Waals surface area contributed by atoms with Gasteiger partial charge in [0.2, 0.25) is 0 Å². The summed E-state index contributed by atoms with van der Waals surface area (Å²) in [6, 6.07) is 3.59. The quantitative estimate of drug-likeness (QED) is 0.746. The summed E-state index contributed by atoms with van der Waals surface area (Å²) in [5, 5.41) is 3.54. The van der Waals surface area contributed by atoms with Crippen molar-refractivity contribution in [2.24, 2.45) is 11.8 Å². The SMILES string of the molecule is CCCOc1cc(NC(C2CC2)C2CC2)c(N)cc1F. The molecule has 0 atom stereocenters. The van der Waals surface area contributed by atoms with Gasteiger partial charge in [0, 0.05) is 18.2 Å². The lowest BCUT2D eigenvalue weighted by Gasteiger charge is -2.21. The molecule has 110 valence electrons. The Morgan fingerprint density at radius 1 is 1.30 bits per heavy atom. The van der Waals surface area contributed by atoms with Crippen molar-refractivity contribution in [2.45, 2.75) is 45.1 Å². The van der Waals surface area contributed by atoms with Crippen LogP contribution in [0.25, 0.3) is 0 Å². The summed E-state index contributed by atoms with van der Waals surface area (Å²) in [7, 11) is 0. The van der Waals surface area contributed by atoms with E-state index in [4.69, 9.17) is 10.5 Å². The standard InChI is InChI=1S/C16H23FN2O/c1-2-7-20-15-9-14(13(18)8-12(15)17)19-16(10-3-4-10)11-5-6-11/h8-11,16,19H,2-7,18H2,1H3. The summed E-state index contributed by atoms with van der Waals surface area (Å²) in [5.74, 6) is 1.46. The zero-order chi connectivity index (χ0) is 14.1. The van der Waals surface area contributed by atoms with Gasteiger partial charge >= 0.3 is 0 Å². The van der Waals surface area contributed by atoms with Crippen LogP contribution in [-0.4, -0.2) is 12.6 Å². The number of benzene rings is 1. The first-order chi connectivity index (χ1) is 9.69. The lowest BCUT2D eigenvalue weighted by Crippen LogP contribution is -2.24. The first-order valence-corrected chi connectivity index (χ1v) is 7.67. The molecule has 0 aliphatic heterocycles. The van der Waals surface area contributed by atoms with Gasteiger partial charge in [-0.1, -0.05) is 6.92 Å². The maximum atomic E-state index is 13.8. The molecule has 0 amide bonds. The van der Waals surface area contributed by atoms with E-state index in [-0.39, 0.29) is 5.82 Å². The predicted octanol–water partition coefficient (Wildman–Crippen LogP) is 3.80. The van der Waals surface area contributed by atoms with Crippen LogP contribution in [0.15, 0.2) is 12.1 Å². The highest BCUT2D eigenvalue weighted by atomic mass is 19.1. The smallest absolute Gasteiger partial charge is 0.167 e. The summed E-state index contributed by atoms with van der Waals surface area (Å²) in [6.07, 6.45) is 6.06. The van der Waals surface area contributed by atoms with E-state index < -0.39 is 0 Å². The number of rotatable bonds is 7. The van der Waals surface area contributed by atoms with Crippen molar-refractivity contribution in [1.82, 2.24) is 0 Å². The third-order valence-corrected chi connectivity index (χ3v) is 4.15. The molecule has 4 heteroatoms. The molecule has 20 heavy (non-hydrogen) atoms. The molecular formula is C16H23FN2O. The fourth-order valence-corrected chi connectivity index (χ4v) is 2.73. The van der Waals surface area contributed by atoms with E-state index in [0.29, 0.717) is 24.1 Å². The third-order valence-electron chi connectivity index (χ3n) is 4.15. The van der Waals surface area contributed by atoms with E-state index >= 15 is 0 Å². The van der Waals surface area contributed by atoms with Crippen LogP contribution in [0.2, 0.25) is 0 Å². The van der Waals surface area contributed by atoms with E-state index in [9.17, 15) is 4.39 Å². The lowest BCUT2D eigenvalue weighted by atomic mass is 10.1. The molecule has 0 saturated heterocycles. The van der Waals surface area contributed by atoms with Crippen LogP contribution in [0.3, 0.4) is 0 Å². The van der Waals surface area contributed by atoms with Crippen molar-refractivity contribution in [2.75, 3.05) is 17.7 Å². The summed E-state index contributed by atoms with van der Waals surface area (Å²) in [5.41, 5.74) is 7.24. The molecule has 2 aliphatic rings. The highest BCUT2D eigenvalue weighted by molar-refractivity contribution is 5.69. The second kappa shape index (κ2) is 5.51. The Balaban J connectivity index is 1.76. The summed E-state index contributed by atoms with van der Waals surface area (Å²) >= 11 is 0. The average molecular weight is 278 g/mol. The zero-order valence-electron chi connectivity index (χ0n) is 12.0. The Morgan fingerprint density at radius 2 is 1.95 bits per heavy atom. The Bertz CT molecular complexity index is 472.